The van der Waals surface area contributed by atoms with Crippen molar-refractivity contribution in [3.05, 3.63) is 110 Å². The zero-order valence-corrected chi connectivity index (χ0v) is 18.0. The van der Waals surface area contributed by atoms with Gasteiger partial charge in [-0.1, -0.05) is 54.1 Å². The molecule has 0 unspecified atom stereocenters. The standard InChI is InChI=1S/C24H21ClN4O3/c25-19-10-8-17(9-11-19)12-14-26-21(30)16-28-20-7-4-13-27-22(20)29(24(32)23(28)31)15-18-5-2-1-3-6-18/h1-11,13H,12,14-16H2,(H,26,30). The van der Waals surface area contributed by atoms with Gasteiger partial charge in [-0.2, -0.15) is 0 Å². The monoisotopic (exact) mass is 448 g/mol. The molecule has 162 valence electrons. The van der Waals surface area contributed by atoms with Crippen molar-refractivity contribution in [2.75, 3.05) is 6.54 Å². The topological polar surface area (TPSA) is 86.0 Å². The largest absolute Gasteiger partial charge is 0.354 e. The van der Waals surface area contributed by atoms with E-state index in [4.69, 9.17) is 11.6 Å². The van der Waals surface area contributed by atoms with E-state index in [1.54, 1.807) is 30.5 Å². The highest BCUT2D eigenvalue weighted by molar-refractivity contribution is 6.30. The molecule has 32 heavy (non-hydrogen) atoms. The van der Waals surface area contributed by atoms with Gasteiger partial charge in [0.2, 0.25) is 5.91 Å². The van der Waals surface area contributed by atoms with E-state index in [2.05, 4.69) is 10.3 Å². The molecule has 1 N–H and O–H groups in total. The molecule has 0 saturated heterocycles. The molecule has 2 heterocycles. The molecule has 4 aromatic rings. The lowest BCUT2D eigenvalue weighted by Gasteiger charge is -2.14. The fourth-order valence-electron chi connectivity index (χ4n) is 3.51. The molecular weight excluding hydrogens is 428 g/mol. The number of carbonyl (C=O) groups excluding carboxylic acids is 1. The van der Waals surface area contributed by atoms with Gasteiger partial charge in [0.1, 0.15) is 6.54 Å². The number of pyridine rings is 1. The Morgan fingerprint density at radius 3 is 2.34 bits per heavy atom. The third kappa shape index (κ3) is 4.78. The van der Waals surface area contributed by atoms with Crippen LogP contribution in [0.2, 0.25) is 5.02 Å². The van der Waals surface area contributed by atoms with Crippen LogP contribution in [-0.2, 0) is 24.3 Å². The second-order valence-corrected chi connectivity index (χ2v) is 7.78. The number of halogens is 1. The van der Waals surface area contributed by atoms with Crippen LogP contribution < -0.4 is 16.4 Å². The maximum Gasteiger partial charge on any atom is 0.318 e. The van der Waals surface area contributed by atoms with E-state index in [1.807, 2.05) is 42.5 Å². The summed E-state index contributed by atoms with van der Waals surface area (Å²) in [6, 6.07) is 20.1. The van der Waals surface area contributed by atoms with Crippen molar-refractivity contribution < 1.29 is 4.79 Å². The van der Waals surface area contributed by atoms with Crippen molar-refractivity contribution in [2.24, 2.45) is 0 Å². The van der Waals surface area contributed by atoms with Crippen LogP contribution in [0.5, 0.6) is 0 Å². The third-order valence-corrected chi connectivity index (χ3v) is 5.37. The Labute approximate surface area is 188 Å². The summed E-state index contributed by atoms with van der Waals surface area (Å²) < 4.78 is 2.53. The van der Waals surface area contributed by atoms with Crippen LogP contribution >= 0.6 is 11.6 Å². The van der Waals surface area contributed by atoms with E-state index in [0.29, 0.717) is 29.2 Å². The molecule has 2 aromatic heterocycles. The minimum absolute atomic E-state index is 0.219. The summed E-state index contributed by atoms with van der Waals surface area (Å²) in [7, 11) is 0. The molecule has 0 saturated carbocycles. The van der Waals surface area contributed by atoms with Gasteiger partial charge >= 0.3 is 11.1 Å². The molecule has 0 fully saturated rings. The zero-order valence-electron chi connectivity index (χ0n) is 17.2. The van der Waals surface area contributed by atoms with E-state index >= 15 is 0 Å². The highest BCUT2D eigenvalue weighted by atomic mass is 35.5. The molecule has 0 atom stereocenters. The summed E-state index contributed by atoms with van der Waals surface area (Å²) >= 11 is 5.88. The Balaban J connectivity index is 1.56. The van der Waals surface area contributed by atoms with Gasteiger partial charge in [-0.3, -0.25) is 23.5 Å². The normalized spacial score (nSPS) is 10.9. The van der Waals surface area contributed by atoms with Crippen molar-refractivity contribution >= 4 is 28.7 Å². The number of rotatable bonds is 7. The van der Waals surface area contributed by atoms with Crippen LogP contribution in [0.15, 0.2) is 82.5 Å². The van der Waals surface area contributed by atoms with Crippen LogP contribution in [0.25, 0.3) is 11.2 Å². The smallest absolute Gasteiger partial charge is 0.318 e. The van der Waals surface area contributed by atoms with Crippen molar-refractivity contribution in [3.63, 3.8) is 0 Å². The molecule has 7 nitrogen and oxygen atoms in total. The van der Waals surface area contributed by atoms with Gasteiger partial charge < -0.3 is 5.32 Å². The first kappa shape index (κ1) is 21.5. The van der Waals surface area contributed by atoms with Crippen molar-refractivity contribution in [2.45, 2.75) is 19.5 Å². The molecule has 1 amide bonds. The average molecular weight is 449 g/mol. The summed E-state index contributed by atoms with van der Waals surface area (Å²) in [5, 5.41) is 3.45. The third-order valence-electron chi connectivity index (χ3n) is 5.12. The van der Waals surface area contributed by atoms with Crippen LogP contribution in [0.3, 0.4) is 0 Å². The summed E-state index contributed by atoms with van der Waals surface area (Å²) in [5.41, 5.74) is 1.22. The second-order valence-electron chi connectivity index (χ2n) is 7.34. The van der Waals surface area contributed by atoms with Crippen molar-refractivity contribution in [1.29, 1.82) is 0 Å². The minimum Gasteiger partial charge on any atom is -0.354 e. The molecule has 0 aliphatic rings. The van der Waals surface area contributed by atoms with Crippen LogP contribution in [0.4, 0.5) is 0 Å². The number of amides is 1. The molecule has 4 rings (SSSR count). The maximum atomic E-state index is 12.9. The summed E-state index contributed by atoms with van der Waals surface area (Å²) in [6.45, 7) is 0.357. The summed E-state index contributed by atoms with van der Waals surface area (Å²) in [6.07, 6.45) is 2.18. The number of benzene rings is 2. The van der Waals surface area contributed by atoms with Gasteiger partial charge in [-0.25, -0.2) is 4.98 Å². The lowest BCUT2D eigenvalue weighted by atomic mass is 10.1. The first-order chi connectivity index (χ1) is 15.5. The number of hydrogen-bond donors (Lipinski definition) is 1. The molecular formula is C24H21ClN4O3. The molecule has 2 aromatic carbocycles. The van der Waals surface area contributed by atoms with Crippen LogP contribution in [0, 0.1) is 0 Å². The number of nitrogens with zero attached hydrogens (tertiary/aromatic N) is 3. The highest BCUT2D eigenvalue weighted by Crippen LogP contribution is 2.11. The molecule has 0 spiro atoms. The summed E-state index contributed by atoms with van der Waals surface area (Å²) in [5.74, 6) is -0.355. The second kappa shape index (κ2) is 9.62. The number of carbonyl (C=O) groups is 1. The Hall–Kier alpha value is -3.71. The van der Waals surface area contributed by atoms with E-state index in [0.717, 1.165) is 11.1 Å². The van der Waals surface area contributed by atoms with Crippen molar-refractivity contribution in [3.8, 4) is 0 Å². The molecule has 0 bridgehead atoms. The van der Waals surface area contributed by atoms with Crippen LogP contribution in [0.1, 0.15) is 11.1 Å². The predicted molar refractivity (Wildman–Crippen MR) is 124 cm³/mol. The minimum atomic E-state index is -0.755. The first-order valence-corrected chi connectivity index (χ1v) is 10.5. The van der Waals surface area contributed by atoms with E-state index in [1.165, 1.54) is 9.13 Å². The quantitative estimate of drug-likeness (QED) is 0.440. The van der Waals surface area contributed by atoms with Gasteiger partial charge in [0.05, 0.1) is 12.1 Å². The first-order valence-electron chi connectivity index (χ1n) is 10.2. The molecule has 0 radical (unpaired) electrons. The Bertz CT molecular complexity index is 1360. The lowest BCUT2D eigenvalue weighted by Crippen LogP contribution is -2.44. The number of aromatic nitrogens is 3. The Morgan fingerprint density at radius 1 is 0.875 bits per heavy atom. The van der Waals surface area contributed by atoms with E-state index in [9.17, 15) is 14.4 Å². The Kier molecular flexibility index (Phi) is 6.47. The number of nitrogens with one attached hydrogen (secondary N) is 1. The van der Waals surface area contributed by atoms with Gasteiger partial charge in [-0.05, 0) is 41.8 Å². The zero-order chi connectivity index (χ0) is 22.5. The average Bonchev–Trinajstić information content (AvgIpc) is 2.81. The van der Waals surface area contributed by atoms with Crippen LogP contribution in [-0.4, -0.2) is 26.6 Å². The van der Waals surface area contributed by atoms with Gasteiger partial charge in [-0.15, -0.1) is 0 Å². The predicted octanol–water partition coefficient (Wildman–Crippen LogP) is 2.62. The Morgan fingerprint density at radius 2 is 1.59 bits per heavy atom. The van der Waals surface area contributed by atoms with E-state index in [-0.39, 0.29) is 19.0 Å². The fraction of sp³-hybridized carbons (Fsp3) is 0.167. The number of fused-ring (bicyclic) bond motifs is 1. The van der Waals surface area contributed by atoms with Gasteiger partial charge in [0, 0.05) is 17.8 Å². The van der Waals surface area contributed by atoms with E-state index < -0.39 is 11.1 Å². The van der Waals surface area contributed by atoms with Crippen molar-refractivity contribution in [1.82, 2.24) is 19.4 Å². The summed E-state index contributed by atoms with van der Waals surface area (Å²) in [4.78, 5) is 42.6. The molecule has 0 aliphatic carbocycles. The lowest BCUT2D eigenvalue weighted by molar-refractivity contribution is -0.121. The SMILES string of the molecule is O=C(Cn1c(=O)c(=O)n(Cc2ccccc2)c2ncccc21)NCCc1ccc(Cl)cc1. The van der Waals surface area contributed by atoms with Gasteiger partial charge in [0.25, 0.3) is 0 Å². The molecule has 8 heteroatoms. The highest BCUT2D eigenvalue weighted by Gasteiger charge is 2.16. The maximum absolute atomic E-state index is 12.9. The molecule has 0 aliphatic heterocycles. The fourth-order valence-corrected chi connectivity index (χ4v) is 3.64. The number of hydrogen-bond acceptors (Lipinski definition) is 4. The van der Waals surface area contributed by atoms with Gasteiger partial charge in [0.15, 0.2) is 5.65 Å².